The van der Waals surface area contributed by atoms with Gasteiger partial charge in [0.1, 0.15) is 5.82 Å². The smallest absolute Gasteiger partial charge is 0.124 e. The zero-order chi connectivity index (χ0) is 13.2. The van der Waals surface area contributed by atoms with Crippen LogP contribution in [0.1, 0.15) is 24.0 Å². The second-order valence-corrected chi connectivity index (χ2v) is 5.62. The van der Waals surface area contributed by atoms with Crippen molar-refractivity contribution in [3.8, 4) is 6.07 Å². The Kier molecular flexibility index (Phi) is 3.50. The number of halogens is 1. The highest BCUT2D eigenvalue weighted by Gasteiger charge is 2.33. The molecule has 2 heterocycles. The fourth-order valence-corrected chi connectivity index (χ4v) is 3.33. The molecule has 1 aromatic carbocycles. The molecule has 100 valence electrons. The molecule has 0 spiro atoms. The van der Waals surface area contributed by atoms with Crippen LogP contribution in [0.25, 0.3) is 0 Å². The van der Waals surface area contributed by atoms with Gasteiger partial charge in [-0.1, -0.05) is 0 Å². The first-order valence-corrected chi connectivity index (χ1v) is 6.90. The molecule has 3 nitrogen and oxygen atoms in total. The molecule has 0 bridgehead atoms. The number of fused-ring (bicyclic) bond motifs is 1. The van der Waals surface area contributed by atoms with Gasteiger partial charge in [-0.25, -0.2) is 4.39 Å². The molecule has 19 heavy (non-hydrogen) atoms. The van der Waals surface area contributed by atoms with E-state index in [0.29, 0.717) is 11.6 Å². The van der Waals surface area contributed by atoms with Crippen LogP contribution < -0.4 is 5.32 Å². The minimum atomic E-state index is -0.316. The van der Waals surface area contributed by atoms with Gasteiger partial charge in [0.2, 0.25) is 0 Å². The first-order chi connectivity index (χ1) is 9.24. The van der Waals surface area contributed by atoms with Crippen LogP contribution in [0.4, 0.5) is 4.39 Å². The normalized spacial score (nSPS) is 26.9. The summed E-state index contributed by atoms with van der Waals surface area (Å²) in [6.07, 6.45) is 2.55. The van der Waals surface area contributed by atoms with Crippen molar-refractivity contribution >= 4 is 0 Å². The molecule has 2 fully saturated rings. The van der Waals surface area contributed by atoms with Crippen molar-refractivity contribution < 1.29 is 4.39 Å². The Balaban J connectivity index is 1.69. The zero-order valence-corrected chi connectivity index (χ0v) is 10.9. The molecule has 2 atom stereocenters. The molecular formula is C15H18FN3. The molecule has 0 radical (unpaired) electrons. The fraction of sp³-hybridized carbons (Fsp3) is 0.533. The summed E-state index contributed by atoms with van der Waals surface area (Å²) in [7, 11) is 0. The van der Waals surface area contributed by atoms with E-state index in [9.17, 15) is 4.39 Å². The van der Waals surface area contributed by atoms with Crippen molar-refractivity contribution in [1.29, 1.82) is 5.26 Å². The SMILES string of the molecule is N#Cc1cc(F)cc(CN2C[C@@H]3CCCN[C@@H]3C2)c1. The van der Waals surface area contributed by atoms with E-state index in [4.69, 9.17) is 5.26 Å². The molecule has 2 aliphatic heterocycles. The van der Waals surface area contributed by atoms with Crippen molar-refractivity contribution in [3.63, 3.8) is 0 Å². The lowest BCUT2D eigenvalue weighted by Crippen LogP contribution is -2.40. The standard InChI is InChI=1S/C15H18FN3/c16-14-5-11(7-17)4-12(6-14)8-19-9-13-2-1-3-18-15(13)10-19/h4-6,13,15,18H,1-3,8-10H2/t13-,15+/m0/s1. The summed E-state index contributed by atoms with van der Waals surface area (Å²) < 4.78 is 13.4. The number of rotatable bonds is 2. The number of nitriles is 1. The van der Waals surface area contributed by atoms with Gasteiger partial charge in [0.05, 0.1) is 11.6 Å². The Morgan fingerprint density at radius 1 is 1.37 bits per heavy atom. The van der Waals surface area contributed by atoms with E-state index in [2.05, 4.69) is 10.2 Å². The first kappa shape index (κ1) is 12.6. The summed E-state index contributed by atoms with van der Waals surface area (Å²) in [5, 5.41) is 12.4. The molecule has 0 saturated carbocycles. The summed E-state index contributed by atoms with van der Waals surface area (Å²) in [5.41, 5.74) is 1.31. The highest BCUT2D eigenvalue weighted by Crippen LogP contribution is 2.26. The second-order valence-electron chi connectivity index (χ2n) is 5.62. The Morgan fingerprint density at radius 2 is 2.26 bits per heavy atom. The van der Waals surface area contributed by atoms with Crippen LogP contribution in [0.3, 0.4) is 0 Å². The Hall–Kier alpha value is -1.44. The lowest BCUT2D eigenvalue weighted by Gasteiger charge is -2.24. The minimum Gasteiger partial charge on any atom is -0.312 e. The van der Waals surface area contributed by atoms with E-state index in [1.165, 1.54) is 25.0 Å². The predicted octanol–water partition coefficient (Wildman–Crippen LogP) is 1.88. The number of nitrogens with zero attached hydrogens (tertiary/aromatic N) is 2. The maximum absolute atomic E-state index is 13.4. The van der Waals surface area contributed by atoms with Gasteiger partial charge in [-0.05, 0) is 49.1 Å². The third-order valence-corrected chi connectivity index (χ3v) is 4.17. The summed E-state index contributed by atoms with van der Waals surface area (Å²) in [6, 6.07) is 7.22. The number of nitrogens with one attached hydrogen (secondary N) is 1. The zero-order valence-electron chi connectivity index (χ0n) is 10.9. The lowest BCUT2D eigenvalue weighted by molar-refractivity contribution is 0.312. The fourth-order valence-electron chi connectivity index (χ4n) is 3.33. The van der Waals surface area contributed by atoms with Crippen LogP contribution >= 0.6 is 0 Å². The molecule has 2 saturated heterocycles. The van der Waals surface area contributed by atoms with E-state index in [-0.39, 0.29) is 5.82 Å². The molecule has 3 rings (SSSR count). The summed E-state index contributed by atoms with van der Waals surface area (Å²) in [6.45, 7) is 3.97. The van der Waals surface area contributed by atoms with Crippen molar-refractivity contribution in [2.24, 2.45) is 5.92 Å². The van der Waals surface area contributed by atoms with Crippen molar-refractivity contribution in [2.45, 2.75) is 25.4 Å². The van der Waals surface area contributed by atoms with Crippen LogP contribution in [0.5, 0.6) is 0 Å². The van der Waals surface area contributed by atoms with Gasteiger partial charge in [0.25, 0.3) is 0 Å². The van der Waals surface area contributed by atoms with E-state index in [0.717, 1.165) is 37.7 Å². The minimum absolute atomic E-state index is 0.316. The van der Waals surface area contributed by atoms with E-state index in [1.807, 2.05) is 6.07 Å². The van der Waals surface area contributed by atoms with E-state index in [1.54, 1.807) is 6.07 Å². The molecule has 0 aromatic heterocycles. The molecule has 0 aliphatic carbocycles. The van der Waals surface area contributed by atoms with Gasteiger partial charge < -0.3 is 5.32 Å². The summed E-state index contributed by atoms with van der Waals surface area (Å²) in [5.74, 6) is 0.418. The number of piperidine rings is 1. The average molecular weight is 259 g/mol. The number of hydrogen-bond acceptors (Lipinski definition) is 3. The van der Waals surface area contributed by atoms with Crippen molar-refractivity contribution in [3.05, 3.63) is 35.1 Å². The molecule has 4 heteroatoms. The van der Waals surface area contributed by atoms with Crippen LogP contribution in [0, 0.1) is 23.1 Å². The molecule has 2 aliphatic rings. The van der Waals surface area contributed by atoms with E-state index < -0.39 is 0 Å². The second kappa shape index (κ2) is 5.28. The quantitative estimate of drug-likeness (QED) is 0.881. The highest BCUT2D eigenvalue weighted by atomic mass is 19.1. The van der Waals surface area contributed by atoms with Crippen LogP contribution in [0.15, 0.2) is 18.2 Å². The van der Waals surface area contributed by atoms with Gasteiger partial charge in [-0.15, -0.1) is 0 Å². The lowest BCUT2D eigenvalue weighted by atomic mass is 9.94. The highest BCUT2D eigenvalue weighted by molar-refractivity contribution is 5.33. The van der Waals surface area contributed by atoms with Crippen LogP contribution in [-0.4, -0.2) is 30.6 Å². The third kappa shape index (κ3) is 2.78. The largest absolute Gasteiger partial charge is 0.312 e. The Labute approximate surface area is 113 Å². The van der Waals surface area contributed by atoms with Crippen LogP contribution in [0.2, 0.25) is 0 Å². The van der Waals surface area contributed by atoms with Gasteiger partial charge in [-0.3, -0.25) is 4.90 Å². The average Bonchev–Trinajstić information content (AvgIpc) is 2.80. The van der Waals surface area contributed by atoms with E-state index >= 15 is 0 Å². The monoisotopic (exact) mass is 259 g/mol. The first-order valence-electron chi connectivity index (χ1n) is 6.90. The third-order valence-electron chi connectivity index (χ3n) is 4.17. The predicted molar refractivity (Wildman–Crippen MR) is 70.9 cm³/mol. The summed E-state index contributed by atoms with van der Waals surface area (Å²) >= 11 is 0. The molecular weight excluding hydrogens is 241 g/mol. The molecule has 1 N–H and O–H groups in total. The Bertz CT molecular complexity index is 495. The maximum Gasteiger partial charge on any atom is 0.124 e. The van der Waals surface area contributed by atoms with Gasteiger partial charge >= 0.3 is 0 Å². The number of likely N-dealkylation sites (tertiary alicyclic amines) is 1. The van der Waals surface area contributed by atoms with Crippen LogP contribution in [-0.2, 0) is 6.54 Å². The number of hydrogen-bond donors (Lipinski definition) is 1. The topological polar surface area (TPSA) is 39.1 Å². The molecule has 0 unspecified atom stereocenters. The molecule has 0 amide bonds. The van der Waals surface area contributed by atoms with Crippen molar-refractivity contribution in [2.75, 3.05) is 19.6 Å². The van der Waals surface area contributed by atoms with Gasteiger partial charge in [-0.2, -0.15) is 5.26 Å². The van der Waals surface area contributed by atoms with Crippen molar-refractivity contribution in [1.82, 2.24) is 10.2 Å². The summed E-state index contributed by atoms with van der Waals surface area (Å²) in [4.78, 5) is 2.36. The maximum atomic E-state index is 13.4. The Morgan fingerprint density at radius 3 is 3.05 bits per heavy atom. The molecule has 1 aromatic rings. The van der Waals surface area contributed by atoms with Gasteiger partial charge in [0.15, 0.2) is 0 Å². The van der Waals surface area contributed by atoms with Gasteiger partial charge in [0, 0.05) is 25.7 Å². The number of benzene rings is 1.